The molecule has 0 aliphatic rings. The largest absolute Gasteiger partial charge is 0.324 e. The number of thioether (sulfide) groups is 2. The molecule has 0 atom stereocenters. The van der Waals surface area contributed by atoms with Crippen molar-refractivity contribution in [1.82, 2.24) is 9.97 Å². The fraction of sp³-hybridized carbons (Fsp3) is 0.312. The first-order valence-corrected chi connectivity index (χ1v) is 10.2. The average molecular weight is 418 g/mol. The molecule has 2 aromatic rings. The number of carbonyl (C=O) groups is 1. The number of nitrogens with one attached hydrogen (secondary N) is 2. The quantitative estimate of drug-likeness (QED) is 0.513. The Balaban J connectivity index is 1.97. The fourth-order valence-corrected chi connectivity index (χ4v) is 3.49. The molecule has 2 N–H and O–H groups in total. The molecular formula is C16H17Cl2N3O2S2. The summed E-state index contributed by atoms with van der Waals surface area (Å²) in [5, 5.41) is 4.22. The maximum Gasteiger partial charge on any atom is 0.251 e. The van der Waals surface area contributed by atoms with Gasteiger partial charge in [0.1, 0.15) is 0 Å². The zero-order chi connectivity index (χ0) is 18.4. The number of benzene rings is 1. The molecule has 0 radical (unpaired) electrons. The summed E-state index contributed by atoms with van der Waals surface area (Å²) in [6.45, 7) is 4.16. The second-order valence-corrected chi connectivity index (χ2v) is 8.65. The van der Waals surface area contributed by atoms with Crippen LogP contribution in [0, 0.1) is 0 Å². The van der Waals surface area contributed by atoms with Crippen molar-refractivity contribution < 1.29 is 4.79 Å². The van der Waals surface area contributed by atoms with E-state index in [-0.39, 0.29) is 17.2 Å². The zero-order valence-electron chi connectivity index (χ0n) is 13.6. The molecule has 0 spiro atoms. The van der Waals surface area contributed by atoms with Gasteiger partial charge in [-0.05, 0) is 17.4 Å². The lowest BCUT2D eigenvalue weighted by Crippen LogP contribution is -2.16. The second-order valence-electron chi connectivity index (χ2n) is 5.34. The van der Waals surface area contributed by atoms with Gasteiger partial charge in [-0.15, -0.1) is 0 Å². The number of hydrogen-bond donors (Lipinski definition) is 2. The average Bonchev–Trinajstić information content (AvgIpc) is 2.55. The normalized spacial score (nSPS) is 10.9. The molecule has 5 nitrogen and oxygen atoms in total. The minimum absolute atomic E-state index is 0.0898. The van der Waals surface area contributed by atoms with E-state index in [1.54, 1.807) is 30.0 Å². The van der Waals surface area contributed by atoms with Gasteiger partial charge in [0.2, 0.25) is 5.91 Å². The van der Waals surface area contributed by atoms with Crippen LogP contribution in [-0.2, 0) is 10.5 Å². The number of halogens is 2. The predicted octanol–water partition coefficient (Wildman–Crippen LogP) is 4.45. The van der Waals surface area contributed by atoms with Crippen molar-refractivity contribution in [3.63, 3.8) is 0 Å². The number of amides is 1. The lowest BCUT2D eigenvalue weighted by atomic mass is 10.3. The Hall–Kier alpha value is -1.15. The second kappa shape index (κ2) is 9.52. The molecule has 1 heterocycles. The Morgan fingerprint density at radius 2 is 2.12 bits per heavy atom. The van der Waals surface area contributed by atoms with E-state index in [4.69, 9.17) is 23.2 Å². The van der Waals surface area contributed by atoms with Crippen LogP contribution in [0.3, 0.4) is 0 Å². The molecule has 1 amide bonds. The van der Waals surface area contributed by atoms with Crippen LogP contribution in [-0.4, -0.2) is 26.9 Å². The third kappa shape index (κ3) is 6.58. The topological polar surface area (TPSA) is 74.8 Å². The van der Waals surface area contributed by atoms with Crippen LogP contribution in [0.1, 0.15) is 19.5 Å². The number of anilines is 1. The maximum absolute atomic E-state index is 12.1. The van der Waals surface area contributed by atoms with Crippen molar-refractivity contribution in [2.45, 2.75) is 30.0 Å². The number of H-pyrrole nitrogens is 1. The number of carbonyl (C=O) groups excluding carboxylic acids is 1. The van der Waals surface area contributed by atoms with Crippen molar-refractivity contribution in [2.75, 3.05) is 11.1 Å². The van der Waals surface area contributed by atoms with Gasteiger partial charge in [0, 0.05) is 11.8 Å². The van der Waals surface area contributed by atoms with Crippen molar-refractivity contribution >= 4 is 58.3 Å². The van der Waals surface area contributed by atoms with Gasteiger partial charge >= 0.3 is 0 Å². The van der Waals surface area contributed by atoms with E-state index in [9.17, 15) is 9.59 Å². The van der Waals surface area contributed by atoms with E-state index >= 15 is 0 Å². The molecule has 0 fully saturated rings. The van der Waals surface area contributed by atoms with E-state index < -0.39 is 0 Å². The first-order valence-electron chi connectivity index (χ1n) is 7.43. The molecule has 134 valence electrons. The minimum atomic E-state index is -0.265. The summed E-state index contributed by atoms with van der Waals surface area (Å²) in [7, 11) is 0. The lowest BCUT2D eigenvalue weighted by Gasteiger charge is -2.08. The molecule has 0 unspecified atom stereocenters. The Bertz CT molecular complexity index is 812. The van der Waals surface area contributed by atoms with E-state index in [1.165, 1.54) is 6.07 Å². The third-order valence-corrected chi connectivity index (χ3v) is 5.72. The van der Waals surface area contributed by atoms with Crippen molar-refractivity contribution in [2.24, 2.45) is 0 Å². The van der Waals surface area contributed by atoms with Gasteiger partial charge < -0.3 is 10.3 Å². The van der Waals surface area contributed by atoms with Crippen LogP contribution in [0.25, 0.3) is 0 Å². The van der Waals surface area contributed by atoms with Gasteiger partial charge in [0.25, 0.3) is 5.56 Å². The standard InChI is InChI=1S/C16H17Cl2N3O2S2/c1-9(2)24-7-10-6-13(22)21-16(19-10)25-8-14(23)20-12-5-3-4-11(17)15(12)18/h3-6,9H,7-8H2,1-2H3,(H,20,23)(H,19,21,22). The van der Waals surface area contributed by atoms with Gasteiger partial charge in [0.05, 0.1) is 27.2 Å². The Labute approximate surface area is 164 Å². The van der Waals surface area contributed by atoms with Crippen molar-refractivity contribution in [3.8, 4) is 0 Å². The summed E-state index contributed by atoms with van der Waals surface area (Å²) >= 11 is 14.8. The van der Waals surface area contributed by atoms with Gasteiger partial charge in [-0.25, -0.2) is 4.98 Å². The van der Waals surface area contributed by atoms with E-state index in [0.717, 1.165) is 11.8 Å². The number of aromatic nitrogens is 2. The van der Waals surface area contributed by atoms with E-state index in [1.807, 2.05) is 0 Å². The van der Waals surface area contributed by atoms with Crippen LogP contribution in [0.2, 0.25) is 10.0 Å². The number of nitrogens with zero attached hydrogens (tertiary/aromatic N) is 1. The molecular weight excluding hydrogens is 401 g/mol. The number of aromatic amines is 1. The van der Waals surface area contributed by atoms with E-state index in [0.29, 0.717) is 37.6 Å². The van der Waals surface area contributed by atoms with Crippen LogP contribution in [0.4, 0.5) is 5.69 Å². The molecule has 0 aliphatic heterocycles. The molecule has 2 rings (SSSR count). The molecule has 0 bridgehead atoms. The number of rotatable bonds is 7. The maximum atomic E-state index is 12.1. The lowest BCUT2D eigenvalue weighted by molar-refractivity contribution is -0.113. The molecule has 0 saturated heterocycles. The van der Waals surface area contributed by atoms with Crippen LogP contribution in [0.15, 0.2) is 34.2 Å². The minimum Gasteiger partial charge on any atom is -0.324 e. The third-order valence-electron chi connectivity index (χ3n) is 2.90. The van der Waals surface area contributed by atoms with Gasteiger partial charge in [-0.2, -0.15) is 11.8 Å². The number of hydrogen-bond acceptors (Lipinski definition) is 5. The molecule has 0 saturated carbocycles. The highest BCUT2D eigenvalue weighted by Gasteiger charge is 2.10. The molecule has 9 heteroatoms. The Morgan fingerprint density at radius 3 is 2.84 bits per heavy atom. The van der Waals surface area contributed by atoms with E-state index in [2.05, 4.69) is 29.1 Å². The Kier molecular flexibility index (Phi) is 7.68. The summed E-state index contributed by atoms with van der Waals surface area (Å²) in [4.78, 5) is 30.8. The highest BCUT2D eigenvalue weighted by atomic mass is 35.5. The van der Waals surface area contributed by atoms with Gasteiger partial charge in [-0.1, -0.05) is 54.9 Å². The zero-order valence-corrected chi connectivity index (χ0v) is 16.8. The monoisotopic (exact) mass is 417 g/mol. The molecule has 25 heavy (non-hydrogen) atoms. The van der Waals surface area contributed by atoms with Crippen molar-refractivity contribution in [1.29, 1.82) is 0 Å². The summed E-state index contributed by atoms with van der Waals surface area (Å²) in [6.07, 6.45) is 0. The highest BCUT2D eigenvalue weighted by Crippen LogP contribution is 2.29. The predicted molar refractivity (Wildman–Crippen MR) is 107 cm³/mol. The van der Waals surface area contributed by atoms with Crippen LogP contribution in [0.5, 0.6) is 0 Å². The summed E-state index contributed by atoms with van der Waals surface area (Å²) < 4.78 is 0. The summed E-state index contributed by atoms with van der Waals surface area (Å²) in [5.41, 5.74) is 0.918. The molecule has 1 aromatic heterocycles. The summed E-state index contributed by atoms with van der Waals surface area (Å²) in [6, 6.07) is 6.49. The Morgan fingerprint density at radius 1 is 1.36 bits per heavy atom. The smallest absolute Gasteiger partial charge is 0.251 e. The molecule has 1 aromatic carbocycles. The van der Waals surface area contributed by atoms with Crippen LogP contribution >= 0.6 is 46.7 Å². The first kappa shape index (κ1) is 20.2. The van der Waals surface area contributed by atoms with Crippen LogP contribution < -0.4 is 10.9 Å². The van der Waals surface area contributed by atoms with Gasteiger partial charge in [-0.3, -0.25) is 9.59 Å². The van der Waals surface area contributed by atoms with Crippen molar-refractivity contribution in [3.05, 3.63) is 50.4 Å². The SMILES string of the molecule is CC(C)SCc1cc(=O)[nH]c(SCC(=O)Nc2cccc(Cl)c2Cl)n1. The first-order chi connectivity index (χ1) is 11.8. The highest BCUT2D eigenvalue weighted by molar-refractivity contribution is 7.99. The molecule has 0 aliphatic carbocycles. The summed E-state index contributed by atoms with van der Waals surface area (Å²) in [5.74, 6) is 0.477. The van der Waals surface area contributed by atoms with Gasteiger partial charge in [0.15, 0.2) is 5.16 Å². The fourth-order valence-electron chi connectivity index (χ4n) is 1.80.